The van der Waals surface area contributed by atoms with E-state index < -0.39 is 0 Å². The number of aromatic nitrogens is 3. The van der Waals surface area contributed by atoms with Gasteiger partial charge in [-0.25, -0.2) is 0 Å². The van der Waals surface area contributed by atoms with Crippen LogP contribution in [0.3, 0.4) is 0 Å². The molecule has 0 unspecified atom stereocenters. The van der Waals surface area contributed by atoms with Crippen LogP contribution in [0.1, 0.15) is 0 Å². The normalized spacial score (nSPS) is 10.5. The van der Waals surface area contributed by atoms with Gasteiger partial charge in [-0.05, 0) is 30.3 Å². The Morgan fingerprint density at radius 1 is 0.895 bits per heavy atom. The first kappa shape index (κ1) is 11.2. The molecule has 1 aromatic carbocycles. The number of nitrogens with two attached hydrogens (primary N) is 2. The lowest BCUT2D eigenvalue weighted by Crippen LogP contribution is -1.91. The van der Waals surface area contributed by atoms with Gasteiger partial charge in [0.05, 0.1) is 0 Å². The highest BCUT2D eigenvalue weighted by atomic mass is 16.4. The first-order valence-corrected chi connectivity index (χ1v) is 5.64. The van der Waals surface area contributed by atoms with Gasteiger partial charge in [-0.1, -0.05) is 6.07 Å². The van der Waals surface area contributed by atoms with Gasteiger partial charge in [0.25, 0.3) is 5.89 Å². The van der Waals surface area contributed by atoms with E-state index in [1.54, 1.807) is 30.5 Å². The van der Waals surface area contributed by atoms with Gasteiger partial charge in [0.1, 0.15) is 5.69 Å². The molecule has 0 radical (unpaired) electrons. The van der Waals surface area contributed by atoms with Crippen molar-refractivity contribution < 1.29 is 4.42 Å². The third kappa shape index (κ3) is 2.23. The van der Waals surface area contributed by atoms with Crippen molar-refractivity contribution in [3.8, 4) is 23.0 Å². The standard InChI is InChI=1S/C13H11N5O/c14-9-5-8(6-10(15)7-9)12-17-18-13(19-12)11-3-1-2-4-16-11/h1-7H,14-15H2. The number of hydrogen-bond donors (Lipinski definition) is 2. The van der Waals surface area contributed by atoms with Crippen LogP contribution < -0.4 is 11.5 Å². The Hall–Kier alpha value is -2.89. The molecule has 0 atom stereocenters. The largest absolute Gasteiger partial charge is 0.415 e. The van der Waals surface area contributed by atoms with Gasteiger partial charge in [0.15, 0.2) is 0 Å². The van der Waals surface area contributed by atoms with E-state index in [9.17, 15) is 0 Å². The highest BCUT2D eigenvalue weighted by molar-refractivity contribution is 5.67. The Morgan fingerprint density at radius 3 is 2.32 bits per heavy atom. The lowest BCUT2D eigenvalue weighted by Gasteiger charge is -1.99. The topological polar surface area (TPSA) is 104 Å². The molecule has 0 aliphatic rings. The summed E-state index contributed by atoms with van der Waals surface area (Å²) in [6.45, 7) is 0. The summed E-state index contributed by atoms with van der Waals surface area (Å²) in [4.78, 5) is 4.15. The minimum absolute atomic E-state index is 0.358. The molecule has 0 fully saturated rings. The van der Waals surface area contributed by atoms with Crippen molar-refractivity contribution in [1.29, 1.82) is 0 Å². The SMILES string of the molecule is Nc1cc(N)cc(-c2nnc(-c3ccccn3)o2)c1. The first-order valence-electron chi connectivity index (χ1n) is 5.64. The van der Waals surface area contributed by atoms with Gasteiger partial charge in [0.2, 0.25) is 5.89 Å². The van der Waals surface area contributed by atoms with Crippen molar-refractivity contribution in [2.24, 2.45) is 0 Å². The van der Waals surface area contributed by atoms with Crippen LogP contribution in [0, 0.1) is 0 Å². The summed E-state index contributed by atoms with van der Waals surface area (Å²) in [6.07, 6.45) is 1.66. The third-order valence-electron chi connectivity index (χ3n) is 2.53. The lowest BCUT2D eigenvalue weighted by atomic mass is 10.2. The van der Waals surface area contributed by atoms with Crippen molar-refractivity contribution in [1.82, 2.24) is 15.2 Å². The summed E-state index contributed by atoms with van der Waals surface area (Å²) in [5.41, 5.74) is 13.9. The monoisotopic (exact) mass is 253 g/mol. The highest BCUT2D eigenvalue weighted by Gasteiger charge is 2.11. The van der Waals surface area contributed by atoms with Crippen LogP contribution >= 0.6 is 0 Å². The zero-order chi connectivity index (χ0) is 13.2. The molecule has 0 saturated carbocycles. The van der Waals surface area contributed by atoms with Crippen LogP contribution in [0.25, 0.3) is 23.0 Å². The minimum atomic E-state index is 0.358. The van der Waals surface area contributed by atoms with E-state index in [1.165, 1.54) is 0 Å². The molecule has 0 spiro atoms. The molecule has 2 heterocycles. The Labute approximate surface area is 109 Å². The van der Waals surface area contributed by atoms with Crippen molar-refractivity contribution in [3.63, 3.8) is 0 Å². The Balaban J connectivity index is 2.02. The van der Waals surface area contributed by atoms with Crippen molar-refractivity contribution in [2.75, 3.05) is 11.5 Å². The molecule has 3 aromatic rings. The highest BCUT2D eigenvalue weighted by Crippen LogP contribution is 2.26. The molecule has 19 heavy (non-hydrogen) atoms. The molecule has 6 heteroatoms. The number of benzene rings is 1. The van der Waals surface area contributed by atoms with Crippen LogP contribution in [-0.4, -0.2) is 15.2 Å². The molecule has 2 aromatic heterocycles. The maximum atomic E-state index is 5.73. The fourth-order valence-electron chi connectivity index (χ4n) is 1.73. The predicted molar refractivity (Wildman–Crippen MR) is 71.8 cm³/mol. The fraction of sp³-hybridized carbons (Fsp3) is 0. The third-order valence-corrected chi connectivity index (χ3v) is 2.53. The van der Waals surface area contributed by atoms with Gasteiger partial charge >= 0.3 is 0 Å². The molecule has 94 valence electrons. The van der Waals surface area contributed by atoms with Gasteiger partial charge in [-0.3, -0.25) is 4.98 Å². The number of nitrogens with zero attached hydrogens (tertiary/aromatic N) is 3. The average Bonchev–Trinajstić information content (AvgIpc) is 2.88. The Morgan fingerprint density at radius 2 is 1.63 bits per heavy atom. The van der Waals surface area contributed by atoms with Crippen molar-refractivity contribution >= 4 is 11.4 Å². The summed E-state index contributed by atoms with van der Waals surface area (Å²) in [5, 5.41) is 7.94. The van der Waals surface area contributed by atoms with Crippen LogP contribution in [-0.2, 0) is 0 Å². The Kier molecular flexibility index (Phi) is 2.60. The van der Waals surface area contributed by atoms with Crippen LogP contribution in [0.4, 0.5) is 11.4 Å². The smallest absolute Gasteiger partial charge is 0.266 e. The number of hydrogen-bond acceptors (Lipinski definition) is 6. The van der Waals surface area contributed by atoms with Gasteiger partial charge in [0, 0.05) is 23.1 Å². The van der Waals surface area contributed by atoms with E-state index in [1.807, 2.05) is 12.1 Å². The maximum absolute atomic E-state index is 5.73. The van der Waals surface area contributed by atoms with Gasteiger partial charge in [-0.15, -0.1) is 10.2 Å². The lowest BCUT2D eigenvalue weighted by molar-refractivity contribution is 0.582. The van der Waals surface area contributed by atoms with Crippen LogP contribution in [0.15, 0.2) is 47.0 Å². The van der Waals surface area contributed by atoms with E-state index in [-0.39, 0.29) is 0 Å². The van der Waals surface area contributed by atoms with Crippen molar-refractivity contribution in [2.45, 2.75) is 0 Å². The molecule has 0 aliphatic heterocycles. The summed E-state index contributed by atoms with van der Waals surface area (Å²) in [7, 11) is 0. The minimum Gasteiger partial charge on any atom is -0.415 e. The summed E-state index contributed by atoms with van der Waals surface area (Å²) < 4.78 is 5.57. The maximum Gasteiger partial charge on any atom is 0.266 e. The molecule has 0 bridgehead atoms. The number of anilines is 2. The second kappa shape index (κ2) is 4.41. The van der Waals surface area contributed by atoms with E-state index in [2.05, 4.69) is 15.2 Å². The van der Waals surface area contributed by atoms with Crippen molar-refractivity contribution in [3.05, 3.63) is 42.6 Å². The van der Waals surface area contributed by atoms with Crippen LogP contribution in [0.2, 0.25) is 0 Å². The molecule has 0 aliphatic carbocycles. The molecule has 3 rings (SSSR count). The van der Waals surface area contributed by atoms with E-state index in [0.29, 0.717) is 34.4 Å². The number of rotatable bonds is 2. The summed E-state index contributed by atoms with van der Waals surface area (Å²) in [5.74, 6) is 0.719. The quantitative estimate of drug-likeness (QED) is 0.676. The van der Waals surface area contributed by atoms with E-state index in [4.69, 9.17) is 15.9 Å². The zero-order valence-corrected chi connectivity index (χ0v) is 9.95. The number of nitrogen functional groups attached to an aromatic ring is 2. The molecule has 0 saturated heterocycles. The molecule has 4 N–H and O–H groups in total. The number of pyridine rings is 1. The predicted octanol–water partition coefficient (Wildman–Crippen LogP) is 1.96. The van der Waals surface area contributed by atoms with E-state index in [0.717, 1.165) is 0 Å². The summed E-state index contributed by atoms with van der Waals surface area (Å²) >= 11 is 0. The first-order chi connectivity index (χ1) is 9.22. The average molecular weight is 253 g/mol. The fourth-order valence-corrected chi connectivity index (χ4v) is 1.73. The zero-order valence-electron chi connectivity index (χ0n) is 9.95. The second-order valence-corrected chi connectivity index (χ2v) is 4.02. The molecule has 0 amide bonds. The summed E-state index contributed by atoms with van der Waals surface area (Å²) in [6, 6.07) is 10.6. The van der Waals surface area contributed by atoms with E-state index >= 15 is 0 Å². The Bertz CT molecular complexity index is 688. The molecular weight excluding hydrogens is 242 g/mol. The van der Waals surface area contributed by atoms with Gasteiger partial charge < -0.3 is 15.9 Å². The molecular formula is C13H11N5O. The van der Waals surface area contributed by atoms with Crippen LogP contribution in [0.5, 0.6) is 0 Å². The van der Waals surface area contributed by atoms with Gasteiger partial charge in [-0.2, -0.15) is 0 Å². The molecule has 6 nitrogen and oxygen atoms in total. The second-order valence-electron chi connectivity index (χ2n) is 4.02.